The fourth-order valence-electron chi connectivity index (χ4n) is 1.57. The maximum atomic E-state index is 11.1. The lowest BCUT2D eigenvalue weighted by molar-refractivity contribution is 0.0697. The van der Waals surface area contributed by atoms with Crippen LogP contribution in [-0.2, 0) is 0 Å². The van der Waals surface area contributed by atoms with Crippen LogP contribution in [0.1, 0.15) is 42.4 Å². The first-order valence-corrected chi connectivity index (χ1v) is 5.79. The molecule has 0 aliphatic carbocycles. The van der Waals surface area contributed by atoms with E-state index in [4.69, 9.17) is 9.52 Å². The predicted octanol–water partition coefficient (Wildman–Crippen LogP) is 2.95. The first kappa shape index (κ1) is 12.3. The summed E-state index contributed by atoms with van der Waals surface area (Å²) in [6.45, 7) is 4.01. The second-order valence-electron chi connectivity index (χ2n) is 4.11. The molecule has 1 unspecified atom stereocenters. The number of carboxylic acids is 1. The summed E-state index contributed by atoms with van der Waals surface area (Å²) in [7, 11) is 0. The molecule has 2 rings (SSSR count). The molecule has 1 N–H and O–H groups in total. The lowest BCUT2D eigenvalue weighted by atomic mass is 10.1. The molecule has 1 heterocycles. The van der Waals surface area contributed by atoms with Crippen LogP contribution in [0.3, 0.4) is 0 Å². The largest absolute Gasteiger partial charge is 0.478 e. The second kappa shape index (κ2) is 5.00. The van der Waals surface area contributed by atoms with Gasteiger partial charge in [0.25, 0.3) is 0 Å². The van der Waals surface area contributed by atoms with Crippen molar-refractivity contribution in [1.29, 1.82) is 0 Å². The zero-order valence-corrected chi connectivity index (χ0v) is 10.3. The molecule has 0 amide bonds. The molecule has 1 atom stereocenters. The Morgan fingerprint density at radius 1 is 1.39 bits per heavy atom. The van der Waals surface area contributed by atoms with E-state index in [9.17, 15) is 4.79 Å². The molecule has 1 aromatic carbocycles. The molecule has 0 spiro atoms. The van der Waals surface area contributed by atoms with Crippen LogP contribution < -0.4 is 0 Å². The van der Waals surface area contributed by atoms with E-state index in [1.54, 1.807) is 18.2 Å². The number of hydrogen-bond donors (Lipinski definition) is 1. The van der Waals surface area contributed by atoms with Crippen molar-refractivity contribution in [3.8, 4) is 11.5 Å². The van der Waals surface area contributed by atoms with Crippen molar-refractivity contribution in [3.63, 3.8) is 0 Å². The molecule has 0 aliphatic rings. The Labute approximate surface area is 104 Å². The summed E-state index contributed by atoms with van der Waals surface area (Å²) in [5.41, 5.74) is 0.615. The first-order chi connectivity index (χ1) is 8.63. The smallest absolute Gasteiger partial charge is 0.336 e. The van der Waals surface area contributed by atoms with Crippen LogP contribution in [0.5, 0.6) is 0 Å². The molecule has 1 aromatic heterocycles. The van der Waals surface area contributed by atoms with Crippen LogP contribution >= 0.6 is 0 Å². The molecule has 0 fully saturated rings. The van der Waals surface area contributed by atoms with Gasteiger partial charge in [0, 0.05) is 5.92 Å². The number of aromatic nitrogens is 2. The van der Waals surface area contributed by atoms with Gasteiger partial charge in [-0.3, -0.25) is 0 Å². The average Bonchev–Trinajstić information content (AvgIpc) is 2.87. The maximum Gasteiger partial charge on any atom is 0.336 e. The zero-order chi connectivity index (χ0) is 13.1. The van der Waals surface area contributed by atoms with Crippen molar-refractivity contribution in [3.05, 3.63) is 35.7 Å². The number of benzene rings is 1. The summed E-state index contributed by atoms with van der Waals surface area (Å²) in [5, 5.41) is 17.0. The molecule has 5 heteroatoms. The van der Waals surface area contributed by atoms with E-state index in [1.807, 2.05) is 13.8 Å². The van der Waals surface area contributed by atoms with Gasteiger partial charge in [0.15, 0.2) is 0 Å². The summed E-state index contributed by atoms with van der Waals surface area (Å²) < 4.78 is 5.53. The minimum absolute atomic E-state index is 0.164. The van der Waals surface area contributed by atoms with Crippen LogP contribution in [-0.4, -0.2) is 21.3 Å². The molecule has 0 saturated heterocycles. The predicted molar refractivity (Wildman–Crippen MR) is 65.4 cm³/mol. The molecule has 5 nitrogen and oxygen atoms in total. The quantitative estimate of drug-likeness (QED) is 0.897. The fraction of sp³-hybridized carbons (Fsp3) is 0.308. The van der Waals surface area contributed by atoms with E-state index in [2.05, 4.69) is 10.2 Å². The number of hydrogen-bond acceptors (Lipinski definition) is 4. The van der Waals surface area contributed by atoms with Crippen molar-refractivity contribution < 1.29 is 14.3 Å². The van der Waals surface area contributed by atoms with Crippen LogP contribution in [0.2, 0.25) is 0 Å². The molecule has 18 heavy (non-hydrogen) atoms. The Morgan fingerprint density at radius 2 is 2.11 bits per heavy atom. The van der Waals surface area contributed by atoms with Gasteiger partial charge in [-0.25, -0.2) is 4.79 Å². The second-order valence-corrected chi connectivity index (χ2v) is 4.11. The normalized spacial score (nSPS) is 12.3. The SMILES string of the molecule is CCC(C)c1nnc(-c2ccccc2C(=O)O)o1. The third-order valence-electron chi connectivity index (χ3n) is 2.86. The van der Waals surface area contributed by atoms with Gasteiger partial charge in [0.2, 0.25) is 11.8 Å². The van der Waals surface area contributed by atoms with E-state index in [1.165, 1.54) is 6.07 Å². The van der Waals surface area contributed by atoms with Crippen LogP contribution in [0.25, 0.3) is 11.5 Å². The Balaban J connectivity index is 2.43. The Hall–Kier alpha value is -2.17. The zero-order valence-electron chi connectivity index (χ0n) is 10.3. The van der Waals surface area contributed by atoms with Crippen molar-refractivity contribution >= 4 is 5.97 Å². The highest BCUT2D eigenvalue weighted by atomic mass is 16.4. The minimum atomic E-state index is -1.01. The van der Waals surface area contributed by atoms with Crippen molar-refractivity contribution in [1.82, 2.24) is 10.2 Å². The monoisotopic (exact) mass is 246 g/mol. The number of nitrogens with zero attached hydrogens (tertiary/aromatic N) is 2. The van der Waals surface area contributed by atoms with Crippen LogP contribution in [0, 0.1) is 0 Å². The lowest BCUT2D eigenvalue weighted by Gasteiger charge is -2.02. The maximum absolute atomic E-state index is 11.1. The molecular formula is C13H14N2O3. The van der Waals surface area contributed by atoms with Gasteiger partial charge in [-0.05, 0) is 18.6 Å². The highest BCUT2D eigenvalue weighted by molar-refractivity contribution is 5.94. The van der Waals surface area contributed by atoms with Gasteiger partial charge >= 0.3 is 5.97 Å². The van der Waals surface area contributed by atoms with Gasteiger partial charge in [-0.1, -0.05) is 26.0 Å². The van der Waals surface area contributed by atoms with E-state index >= 15 is 0 Å². The summed E-state index contributed by atoms with van der Waals surface area (Å²) in [4.78, 5) is 11.1. The van der Waals surface area contributed by atoms with Crippen LogP contribution in [0.15, 0.2) is 28.7 Å². The summed E-state index contributed by atoms with van der Waals surface area (Å²) in [5.74, 6) is -0.0480. The number of carbonyl (C=O) groups is 1. The standard InChI is InChI=1S/C13H14N2O3/c1-3-8(2)11-14-15-12(18-11)9-6-4-5-7-10(9)13(16)17/h4-8H,3H2,1-2H3,(H,16,17). The fourth-order valence-corrected chi connectivity index (χ4v) is 1.57. The Kier molecular flexibility index (Phi) is 3.41. The average molecular weight is 246 g/mol. The number of aromatic carboxylic acids is 1. The van der Waals surface area contributed by atoms with Gasteiger partial charge in [-0.2, -0.15) is 0 Å². The van der Waals surface area contributed by atoms with E-state index in [0.717, 1.165) is 6.42 Å². The Morgan fingerprint density at radius 3 is 2.78 bits per heavy atom. The highest BCUT2D eigenvalue weighted by Gasteiger charge is 2.18. The number of carboxylic acid groups (broad SMARTS) is 1. The minimum Gasteiger partial charge on any atom is -0.478 e. The van der Waals surface area contributed by atoms with E-state index in [-0.39, 0.29) is 17.4 Å². The van der Waals surface area contributed by atoms with Crippen molar-refractivity contribution in [2.24, 2.45) is 0 Å². The van der Waals surface area contributed by atoms with E-state index < -0.39 is 5.97 Å². The lowest BCUT2D eigenvalue weighted by Crippen LogP contribution is -1.99. The molecule has 0 saturated carbocycles. The molecular weight excluding hydrogens is 232 g/mol. The topological polar surface area (TPSA) is 76.2 Å². The summed E-state index contributed by atoms with van der Waals surface area (Å²) in [6.07, 6.45) is 0.891. The van der Waals surface area contributed by atoms with Gasteiger partial charge in [0.05, 0.1) is 11.1 Å². The van der Waals surface area contributed by atoms with Crippen LogP contribution in [0.4, 0.5) is 0 Å². The molecule has 2 aromatic rings. The molecule has 94 valence electrons. The number of rotatable bonds is 4. The van der Waals surface area contributed by atoms with Gasteiger partial charge in [-0.15, -0.1) is 10.2 Å². The Bertz CT molecular complexity index is 563. The molecule has 0 bridgehead atoms. The van der Waals surface area contributed by atoms with E-state index in [0.29, 0.717) is 11.5 Å². The third-order valence-corrected chi connectivity index (χ3v) is 2.86. The summed E-state index contributed by atoms with van der Waals surface area (Å²) in [6, 6.07) is 6.59. The molecule has 0 radical (unpaired) electrons. The van der Waals surface area contributed by atoms with Gasteiger partial charge in [0.1, 0.15) is 0 Å². The van der Waals surface area contributed by atoms with Crippen molar-refractivity contribution in [2.45, 2.75) is 26.2 Å². The van der Waals surface area contributed by atoms with Crippen molar-refractivity contribution in [2.75, 3.05) is 0 Å². The van der Waals surface area contributed by atoms with Gasteiger partial charge < -0.3 is 9.52 Å². The molecule has 0 aliphatic heterocycles. The first-order valence-electron chi connectivity index (χ1n) is 5.79. The highest BCUT2D eigenvalue weighted by Crippen LogP contribution is 2.25. The summed E-state index contributed by atoms with van der Waals surface area (Å²) >= 11 is 0. The third kappa shape index (κ3) is 2.25.